The average Bonchev–Trinajstić information content (AvgIpc) is 2.86. The molecule has 4 nitrogen and oxygen atoms in total. The summed E-state index contributed by atoms with van der Waals surface area (Å²) >= 11 is 0. The van der Waals surface area contributed by atoms with Gasteiger partial charge in [-0.1, -0.05) is 12.1 Å². The number of nitrogens with zero attached hydrogens (tertiary/aromatic N) is 1. The van der Waals surface area contributed by atoms with Crippen LogP contribution in [0.1, 0.15) is 32.6 Å². The summed E-state index contributed by atoms with van der Waals surface area (Å²) in [5.41, 5.74) is 0. The quantitative estimate of drug-likeness (QED) is 0.914. The largest absolute Gasteiger partial charge is 0.478 e. The molecule has 2 aliphatic rings. The van der Waals surface area contributed by atoms with Crippen molar-refractivity contribution >= 4 is 18.3 Å². The monoisotopic (exact) mass is 342 g/mol. The fourth-order valence-corrected chi connectivity index (χ4v) is 3.59. The van der Waals surface area contributed by atoms with Gasteiger partial charge in [0.05, 0.1) is 0 Å². The van der Waals surface area contributed by atoms with Gasteiger partial charge in [0.2, 0.25) is 0 Å². The van der Waals surface area contributed by atoms with E-state index in [1.54, 1.807) is 30.0 Å². The fourth-order valence-electron chi connectivity index (χ4n) is 3.59. The van der Waals surface area contributed by atoms with Gasteiger partial charge in [-0.05, 0) is 44.7 Å². The molecule has 2 fully saturated rings. The summed E-state index contributed by atoms with van der Waals surface area (Å²) in [4.78, 5) is 14.3. The van der Waals surface area contributed by atoms with E-state index in [-0.39, 0.29) is 30.1 Å². The second-order valence-electron chi connectivity index (χ2n) is 6.40. The fraction of sp³-hybridized carbons (Fsp3) is 0.588. The molecule has 0 aromatic heterocycles. The first kappa shape index (κ1) is 18.0. The Morgan fingerprint density at radius 3 is 2.52 bits per heavy atom. The molecule has 1 N–H and O–H groups in total. The second kappa shape index (κ2) is 7.49. The van der Waals surface area contributed by atoms with E-state index in [2.05, 4.69) is 5.32 Å². The molecule has 0 saturated carbocycles. The number of nitrogens with one attached hydrogen (secondary N) is 1. The summed E-state index contributed by atoms with van der Waals surface area (Å²) in [6, 6.07) is 7.49. The van der Waals surface area contributed by atoms with Crippen LogP contribution in [0.4, 0.5) is 4.39 Å². The zero-order valence-corrected chi connectivity index (χ0v) is 14.3. The van der Waals surface area contributed by atoms with Gasteiger partial charge in [0.15, 0.2) is 17.7 Å². The number of amides is 1. The van der Waals surface area contributed by atoms with Crippen LogP contribution in [0.5, 0.6) is 5.75 Å². The lowest BCUT2D eigenvalue weighted by molar-refractivity contribution is -0.139. The molecule has 0 radical (unpaired) electrons. The number of fused-ring (bicyclic) bond motifs is 2. The van der Waals surface area contributed by atoms with Crippen LogP contribution in [0.25, 0.3) is 0 Å². The maximum atomic E-state index is 13.6. The highest BCUT2D eigenvalue weighted by Gasteiger charge is 2.37. The van der Waals surface area contributed by atoms with Gasteiger partial charge < -0.3 is 15.0 Å². The van der Waals surface area contributed by atoms with Gasteiger partial charge in [-0.15, -0.1) is 12.4 Å². The third-order valence-corrected chi connectivity index (χ3v) is 4.83. The lowest BCUT2D eigenvalue weighted by Crippen LogP contribution is -2.51. The SMILES string of the molecule is CC(Oc1ccccc1F)C(=O)N(C)C1CC2CCC(C1)N2.Cl. The van der Waals surface area contributed by atoms with E-state index in [9.17, 15) is 9.18 Å². The normalized spacial score (nSPS) is 27.0. The summed E-state index contributed by atoms with van der Waals surface area (Å²) in [5.74, 6) is -0.401. The van der Waals surface area contributed by atoms with Crippen LogP contribution in [0, 0.1) is 5.82 Å². The molecule has 3 atom stereocenters. The molecule has 128 valence electrons. The van der Waals surface area contributed by atoms with Crippen LogP contribution in [-0.4, -0.2) is 42.1 Å². The van der Waals surface area contributed by atoms with Gasteiger partial charge in [0.1, 0.15) is 0 Å². The summed E-state index contributed by atoms with van der Waals surface area (Å²) in [7, 11) is 1.83. The van der Waals surface area contributed by atoms with Crippen LogP contribution in [0.15, 0.2) is 24.3 Å². The number of carbonyl (C=O) groups is 1. The number of carbonyl (C=O) groups excluding carboxylic acids is 1. The summed E-state index contributed by atoms with van der Waals surface area (Å²) in [6.07, 6.45) is 3.69. The van der Waals surface area contributed by atoms with Crippen molar-refractivity contribution < 1.29 is 13.9 Å². The van der Waals surface area contributed by atoms with E-state index in [0.29, 0.717) is 12.1 Å². The zero-order chi connectivity index (χ0) is 15.7. The molecule has 2 saturated heterocycles. The number of piperidine rings is 1. The Morgan fingerprint density at radius 1 is 1.30 bits per heavy atom. The lowest BCUT2D eigenvalue weighted by Gasteiger charge is -2.36. The minimum Gasteiger partial charge on any atom is -0.478 e. The first-order valence-electron chi connectivity index (χ1n) is 7.98. The maximum absolute atomic E-state index is 13.6. The number of halogens is 2. The topological polar surface area (TPSA) is 41.6 Å². The Labute approximate surface area is 142 Å². The predicted molar refractivity (Wildman–Crippen MR) is 89.5 cm³/mol. The van der Waals surface area contributed by atoms with E-state index in [1.165, 1.54) is 18.9 Å². The second-order valence-corrected chi connectivity index (χ2v) is 6.40. The number of hydrogen-bond donors (Lipinski definition) is 1. The molecule has 1 amide bonds. The summed E-state index contributed by atoms with van der Waals surface area (Å²) < 4.78 is 19.1. The number of para-hydroxylation sites is 1. The molecule has 1 aromatic rings. The summed E-state index contributed by atoms with van der Waals surface area (Å²) in [6.45, 7) is 1.68. The van der Waals surface area contributed by atoms with E-state index in [0.717, 1.165) is 12.8 Å². The maximum Gasteiger partial charge on any atom is 0.263 e. The van der Waals surface area contributed by atoms with Crippen LogP contribution in [-0.2, 0) is 4.79 Å². The molecule has 1 aromatic carbocycles. The first-order valence-corrected chi connectivity index (χ1v) is 7.98. The predicted octanol–water partition coefficient (Wildman–Crippen LogP) is 2.76. The molecular formula is C17H24ClFN2O2. The molecular weight excluding hydrogens is 319 g/mol. The zero-order valence-electron chi connectivity index (χ0n) is 13.5. The highest BCUT2D eigenvalue weighted by molar-refractivity contribution is 5.85. The molecule has 2 bridgehead atoms. The molecule has 0 spiro atoms. The minimum absolute atomic E-state index is 0. The van der Waals surface area contributed by atoms with Gasteiger partial charge in [-0.3, -0.25) is 4.79 Å². The summed E-state index contributed by atoms with van der Waals surface area (Å²) in [5, 5.41) is 3.57. The highest BCUT2D eigenvalue weighted by Crippen LogP contribution is 2.29. The number of ether oxygens (including phenoxy) is 1. The van der Waals surface area contributed by atoms with Gasteiger partial charge in [0, 0.05) is 25.2 Å². The Kier molecular flexibility index (Phi) is 5.87. The van der Waals surface area contributed by atoms with Gasteiger partial charge >= 0.3 is 0 Å². The van der Waals surface area contributed by atoms with E-state index < -0.39 is 11.9 Å². The molecule has 2 heterocycles. The van der Waals surface area contributed by atoms with Crippen LogP contribution < -0.4 is 10.1 Å². The third-order valence-electron chi connectivity index (χ3n) is 4.83. The molecule has 3 rings (SSSR count). The van der Waals surface area contributed by atoms with Crippen molar-refractivity contribution in [2.24, 2.45) is 0 Å². The van der Waals surface area contributed by atoms with Gasteiger partial charge in [-0.25, -0.2) is 4.39 Å². The van der Waals surface area contributed by atoms with Crippen molar-refractivity contribution in [1.82, 2.24) is 10.2 Å². The van der Waals surface area contributed by atoms with Gasteiger partial charge in [0.25, 0.3) is 5.91 Å². The Morgan fingerprint density at radius 2 is 1.91 bits per heavy atom. The lowest BCUT2D eigenvalue weighted by atomic mass is 9.98. The van der Waals surface area contributed by atoms with Crippen molar-refractivity contribution in [2.45, 2.75) is 56.8 Å². The van der Waals surface area contributed by atoms with Crippen molar-refractivity contribution in [3.05, 3.63) is 30.1 Å². The highest BCUT2D eigenvalue weighted by atomic mass is 35.5. The molecule has 23 heavy (non-hydrogen) atoms. The Bertz CT molecular complexity index is 545. The van der Waals surface area contributed by atoms with Crippen LogP contribution in [0.3, 0.4) is 0 Å². The molecule has 0 aliphatic carbocycles. The number of likely N-dealkylation sites (N-methyl/N-ethyl adjacent to an activating group) is 1. The first-order chi connectivity index (χ1) is 10.5. The minimum atomic E-state index is -0.686. The average molecular weight is 343 g/mol. The Balaban J connectivity index is 0.00000192. The Hall–Kier alpha value is -1.33. The van der Waals surface area contributed by atoms with E-state index in [1.807, 2.05) is 7.05 Å². The van der Waals surface area contributed by atoms with Gasteiger partial charge in [-0.2, -0.15) is 0 Å². The van der Waals surface area contributed by atoms with E-state index >= 15 is 0 Å². The molecule has 3 unspecified atom stereocenters. The van der Waals surface area contributed by atoms with Crippen LogP contribution >= 0.6 is 12.4 Å². The van der Waals surface area contributed by atoms with Crippen LogP contribution in [0.2, 0.25) is 0 Å². The molecule has 2 aliphatic heterocycles. The number of benzene rings is 1. The van der Waals surface area contributed by atoms with Crippen molar-refractivity contribution in [3.63, 3.8) is 0 Å². The van der Waals surface area contributed by atoms with E-state index in [4.69, 9.17) is 4.74 Å². The number of hydrogen-bond acceptors (Lipinski definition) is 3. The third kappa shape index (κ3) is 3.96. The van der Waals surface area contributed by atoms with Crippen molar-refractivity contribution in [2.75, 3.05) is 7.05 Å². The smallest absolute Gasteiger partial charge is 0.263 e. The van der Waals surface area contributed by atoms with Crippen molar-refractivity contribution in [1.29, 1.82) is 0 Å². The standard InChI is InChI=1S/C17H23FN2O2.ClH/c1-11(22-16-6-4-3-5-15(16)18)17(21)20(2)14-9-12-7-8-13(10-14)19-12;/h3-6,11-14,19H,7-10H2,1-2H3;1H. The van der Waals surface area contributed by atoms with Crippen molar-refractivity contribution in [3.8, 4) is 5.75 Å². The number of rotatable bonds is 4. The molecule has 6 heteroatoms.